The van der Waals surface area contributed by atoms with Crippen LogP contribution in [-0.2, 0) is 17.7 Å². The number of carbonyl (C=O) groups is 2. The number of phenols is 1. The topological polar surface area (TPSA) is 84.7 Å². The summed E-state index contributed by atoms with van der Waals surface area (Å²) in [6.45, 7) is 2.65. The molecule has 154 valence electrons. The van der Waals surface area contributed by atoms with Gasteiger partial charge < -0.3 is 14.7 Å². The van der Waals surface area contributed by atoms with Crippen LogP contribution in [0.2, 0.25) is 5.02 Å². The summed E-state index contributed by atoms with van der Waals surface area (Å²) in [7, 11) is 0. The summed E-state index contributed by atoms with van der Waals surface area (Å²) in [6.07, 6.45) is 0.523. The molecule has 0 bridgehead atoms. The molecule has 0 unspecified atom stereocenters. The SMILES string of the molecule is CCOC(=O)c1nn(-c2ccc(Cl)cc2)c2c1CN(C(=O)c1cccc(O)c1)CC2. The molecule has 1 N–H and O–H groups in total. The van der Waals surface area contributed by atoms with E-state index in [9.17, 15) is 14.7 Å². The number of halogens is 1. The molecule has 3 aromatic rings. The van der Waals surface area contributed by atoms with E-state index < -0.39 is 5.97 Å². The minimum Gasteiger partial charge on any atom is -0.508 e. The van der Waals surface area contributed by atoms with E-state index in [-0.39, 0.29) is 30.5 Å². The Labute approximate surface area is 178 Å². The van der Waals surface area contributed by atoms with E-state index in [4.69, 9.17) is 16.3 Å². The molecule has 0 radical (unpaired) electrons. The summed E-state index contributed by atoms with van der Waals surface area (Å²) in [5.41, 5.74) is 2.90. The highest BCUT2D eigenvalue weighted by Gasteiger charge is 2.31. The lowest BCUT2D eigenvalue weighted by atomic mass is 10.0. The minimum atomic E-state index is -0.520. The molecule has 0 saturated carbocycles. The highest BCUT2D eigenvalue weighted by atomic mass is 35.5. The molecule has 30 heavy (non-hydrogen) atoms. The number of hydrogen-bond donors (Lipinski definition) is 1. The van der Waals surface area contributed by atoms with Crippen molar-refractivity contribution in [3.63, 3.8) is 0 Å². The van der Waals surface area contributed by atoms with Gasteiger partial charge >= 0.3 is 5.97 Å². The van der Waals surface area contributed by atoms with Gasteiger partial charge in [0, 0.05) is 29.1 Å². The summed E-state index contributed by atoms with van der Waals surface area (Å²) < 4.78 is 6.90. The van der Waals surface area contributed by atoms with Gasteiger partial charge in [-0.3, -0.25) is 4.79 Å². The monoisotopic (exact) mass is 425 g/mol. The largest absolute Gasteiger partial charge is 0.508 e. The number of ether oxygens (including phenoxy) is 1. The normalized spacial score (nSPS) is 13.1. The molecule has 1 aromatic heterocycles. The van der Waals surface area contributed by atoms with Gasteiger partial charge in [0.25, 0.3) is 5.91 Å². The molecule has 0 aliphatic carbocycles. The molecule has 0 fully saturated rings. The number of amides is 1. The Morgan fingerprint density at radius 2 is 1.97 bits per heavy atom. The van der Waals surface area contributed by atoms with Crippen molar-refractivity contribution < 1.29 is 19.4 Å². The van der Waals surface area contributed by atoms with Crippen LogP contribution in [0.4, 0.5) is 0 Å². The summed E-state index contributed by atoms with van der Waals surface area (Å²) in [5.74, 6) is -0.708. The van der Waals surface area contributed by atoms with Gasteiger partial charge in [0.2, 0.25) is 0 Å². The van der Waals surface area contributed by atoms with Crippen molar-refractivity contribution in [2.75, 3.05) is 13.2 Å². The molecule has 4 rings (SSSR count). The van der Waals surface area contributed by atoms with Crippen LogP contribution < -0.4 is 0 Å². The molecule has 1 aliphatic rings. The summed E-state index contributed by atoms with van der Waals surface area (Å²) in [6, 6.07) is 13.4. The summed E-state index contributed by atoms with van der Waals surface area (Å²) >= 11 is 6.00. The number of esters is 1. The Morgan fingerprint density at radius 3 is 2.67 bits per heavy atom. The van der Waals surface area contributed by atoms with Gasteiger partial charge in [0.15, 0.2) is 5.69 Å². The van der Waals surface area contributed by atoms with Crippen molar-refractivity contribution in [1.82, 2.24) is 14.7 Å². The molecule has 0 spiro atoms. The van der Waals surface area contributed by atoms with Crippen LogP contribution in [0.25, 0.3) is 5.69 Å². The molecule has 8 heteroatoms. The third kappa shape index (κ3) is 3.76. The van der Waals surface area contributed by atoms with Gasteiger partial charge in [-0.15, -0.1) is 0 Å². The second-order valence-electron chi connectivity index (χ2n) is 6.91. The zero-order valence-electron chi connectivity index (χ0n) is 16.3. The van der Waals surface area contributed by atoms with Crippen molar-refractivity contribution in [3.05, 3.63) is 76.1 Å². The molecular formula is C22H20ClN3O4. The fourth-order valence-electron chi connectivity index (χ4n) is 3.57. The predicted octanol–water partition coefficient (Wildman–Crippen LogP) is 3.61. The number of benzene rings is 2. The fourth-order valence-corrected chi connectivity index (χ4v) is 3.70. The van der Waals surface area contributed by atoms with E-state index in [0.29, 0.717) is 29.1 Å². The Morgan fingerprint density at radius 1 is 1.20 bits per heavy atom. The van der Waals surface area contributed by atoms with Crippen molar-refractivity contribution in [1.29, 1.82) is 0 Å². The van der Waals surface area contributed by atoms with Crippen LogP contribution in [0.5, 0.6) is 5.75 Å². The van der Waals surface area contributed by atoms with Crippen LogP contribution in [0.3, 0.4) is 0 Å². The Bertz CT molecular complexity index is 1110. The maximum Gasteiger partial charge on any atom is 0.359 e. The fraction of sp³-hybridized carbons (Fsp3) is 0.227. The van der Waals surface area contributed by atoms with Crippen molar-refractivity contribution in [2.24, 2.45) is 0 Å². The first kappa shape index (κ1) is 20.0. The predicted molar refractivity (Wildman–Crippen MR) is 111 cm³/mol. The standard InChI is InChI=1S/C22H20ClN3O4/c1-2-30-22(29)20-18-13-25(21(28)14-4-3-5-17(27)12-14)11-10-19(18)26(24-20)16-8-6-15(23)7-9-16/h3-9,12,27H,2,10-11,13H2,1H3. The first-order valence-electron chi connectivity index (χ1n) is 9.60. The molecule has 2 aromatic carbocycles. The first-order chi connectivity index (χ1) is 14.5. The van der Waals surface area contributed by atoms with Crippen LogP contribution in [0.1, 0.15) is 39.0 Å². The lowest BCUT2D eigenvalue weighted by Crippen LogP contribution is -2.36. The quantitative estimate of drug-likeness (QED) is 0.645. The molecule has 0 atom stereocenters. The second-order valence-corrected chi connectivity index (χ2v) is 7.35. The maximum atomic E-state index is 12.9. The summed E-state index contributed by atoms with van der Waals surface area (Å²) in [5, 5.41) is 14.8. The molecule has 0 saturated heterocycles. The van der Waals surface area contributed by atoms with Crippen molar-refractivity contribution in [2.45, 2.75) is 19.9 Å². The average molecular weight is 426 g/mol. The van der Waals surface area contributed by atoms with E-state index in [2.05, 4.69) is 5.10 Å². The molecule has 2 heterocycles. The minimum absolute atomic E-state index is 0.0290. The zero-order valence-corrected chi connectivity index (χ0v) is 17.1. The van der Waals surface area contributed by atoms with E-state index in [1.165, 1.54) is 12.1 Å². The van der Waals surface area contributed by atoms with Gasteiger partial charge in [-0.05, 0) is 49.4 Å². The number of rotatable bonds is 4. The Kier molecular flexibility index (Phi) is 5.46. The second kappa shape index (κ2) is 8.20. The molecule has 1 amide bonds. The number of fused-ring (bicyclic) bond motifs is 1. The van der Waals surface area contributed by atoms with Crippen LogP contribution in [-0.4, -0.2) is 44.8 Å². The Hall–Kier alpha value is -3.32. The van der Waals surface area contributed by atoms with E-state index >= 15 is 0 Å². The van der Waals surface area contributed by atoms with Crippen LogP contribution in [0.15, 0.2) is 48.5 Å². The Balaban J connectivity index is 1.72. The highest BCUT2D eigenvalue weighted by Crippen LogP contribution is 2.28. The number of carbonyl (C=O) groups excluding carboxylic acids is 2. The van der Waals surface area contributed by atoms with Crippen LogP contribution >= 0.6 is 11.6 Å². The van der Waals surface area contributed by atoms with Gasteiger partial charge in [-0.25, -0.2) is 9.48 Å². The summed E-state index contributed by atoms with van der Waals surface area (Å²) in [4.78, 5) is 27.1. The lowest BCUT2D eigenvalue weighted by Gasteiger charge is -2.28. The third-order valence-electron chi connectivity index (χ3n) is 4.98. The van der Waals surface area contributed by atoms with Crippen molar-refractivity contribution in [3.8, 4) is 11.4 Å². The first-order valence-corrected chi connectivity index (χ1v) is 9.98. The van der Waals surface area contributed by atoms with E-state index in [1.54, 1.807) is 40.8 Å². The molecule has 1 aliphatic heterocycles. The third-order valence-corrected chi connectivity index (χ3v) is 5.23. The maximum absolute atomic E-state index is 12.9. The van der Waals surface area contributed by atoms with Gasteiger partial charge in [0.1, 0.15) is 5.75 Å². The number of aromatic nitrogens is 2. The van der Waals surface area contributed by atoms with Gasteiger partial charge in [0.05, 0.1) is 24.5 Å². The van der Waals surface area contributed by atoms with Crippen LogP contribution in [0, 0.1) is 0 Å². The highest BCUT2D eigenvalue weighted by molar-refractivity contribution is 6.30. The lowest BCUT2D eigenvalue weighted by molar-refractivity contribution is 0.0513. The average Bonchev–Trinajstić information content (AvgIpc) is 3.13. The van der Waals surface area contributed by atoms with E-state index in [1.807, 2.05) is 12.1 Å². The van der Waals surface area contributed by atoms with Crippen molar-refractivity contribution >= 4 is 23.5 Å². The number of nitrogens with zero attached hydrogens (tertiary/aromatic N) is 3. The number of hydrogen-bond acceptors (Lipinski definition) is 5. The molecular weight excluding hydrogens is 406 g/mol. The zero-order chi connectivity index (χ0) is 21.3. The number of aromatic hydroxyl groups is 1. The number of phenolic OH excluding ortho intramolecular Hbond substituents is 1. The molecule has 7 nitrogen and oxygen atoms in total. The van der Waals surface area contributed by atoms with E-state index in [0.717, 1.165) is 11.4 Å². The smallest absolute Gasteiger partial charge is 0.359 e. The van der Waals surface area contributed by atoms with Gasteiger partial charge in [-0.2, -0.15) is 5.10 Å². The van der Waals surface area contributed by atoms with Gasteiger partial charge in [-0.1, -0.05) is 17.7 Å².